The minimum absolute atomic E-state index is 0.0425. The summed E-state index contributed by atoms with van der Waals surface area (Å²) in [7, 11) is 1.64. The summed E-state index contributed by atoms with van der Waals surface area (Å²) in [6.45, 7) is 1.90. The molecule has 1 heterocycles. The van der Waals surface area contributed by atoms with Gasteiger partial charge in [0, 0.05) is 0 Å². The van der Waals surface area contributed by atoms with E-state index in [1.54, 1.807) is 24.5 Å². The molecule has 3 N–H and O–H groups in total. The van der Waals surface area contributed by atoms with Crippen molar-refractivity contribution < 1.29 is 9.13 Å². The predicted molar refractivity (Wildman–Crippen MR) is 75.8 cm³/mol. The number of benzene rings is 1. The van der Waals surface area contributed by atoms with E-state index in [0.29, 0.717) is 6.42 Å². The minimum atomic E-state index is -0.216. The molecule has 3 nitrogen and oxygen atoms in total. The maximum absolute atomic E-state index is 13.1. The van der Waals surface area contributed by atoms with Crippen molar-refractivity contribution in [3.63, 3.8) is 0 Å². The van der Waals surface area contributed by atoms with Gasteiger partial charge in [-0.2, -0.15) is 0 Å². The second-order valence-electron chi connectivity index (χ2n) is 4.35. The Labute approximate surface area is 116 Å². The highest BCUT2D eigenvalue weighted by atomic mass is 32.1. The van der Waals surface area contributed by atoms with Gasteiger partial charge in [0.15, 0.2) is 0 Å². The second-order valence-corrected chi connectivity index (χ2v) is 5.30. The van der Waals surface area contributed by atoms with Crippen molar-refractivity contribution in [3.8, 4) is 5.75 Å². The smallest absolute Gasteiger partial charge is 0.134 e. The summed E-state index contributed by atoms with van der Waals surface area (Å²) in [5.74, 6) is 6.25. The van der Waals surface area contributed by atoms with Crippen LogP contribution in [0.2, 0.25) is 0 Å². The van der Waals surface area contributed by atoms with Gasteiger partial charge in [-0.1, -0.05) is 6.07 Å². The fraction of sp³-hybridized carbons (Fsp3) is 0.286. The van der Waals surface area contributed by atoms with E-state index in [4.69, 9.17) is 10.6 Å². The van der Waals surface area contributed by atoms with E-state index >= 15 is 0 Å². The Kier molecular flexibility index (Phi) is 4.52. The third kappa shape index (κ3) is 3.12. The molecule has 1 aromatic heterocycles. The first-order chi connectivity index (χ1) is 9.15. The van der Waals surface area contributed by atoms with Crippen molar-refractivity contribution in [1.29, 1.82) is 0 Å². The highest BCUT2D eigenvalue weighted by molar-refractivity contribution is 7.10. The number of nitrogens with two attached hydrogens (primary N) is 1. The molecule has 0 saturated carbocycles. The molecule has 0 fully saturated rings. The average Bonchev–Trinajstić information content (AvgIpc) is 2.86. The van der Waals surface area contributed by atoms with Crippen LogP contribution in [0, 0.1) is 12.7 Å². The van der Waals surface area contributed by atoms with Gasteiger partial charge in [0.25, 0.3) is 0 Å². The zero-order valence-corrected chi connectivity index (χ0v) is 11.8. The van der Waals surface area contributed by atoms with E-state index in [2.05, 4.69) is 5.43 Å². The number of ether oxygens (including phenoxy) is 1. The van der Waals surface area contributed by atoms with E-state index in [0.717, 1.165) is 21.8 Å². The third-order valence-corrected chi connectivity index (χ3v) is 4.14. The maximum atomic E-state index is 13.1. The van der Waals surface area contributed by atoms with E-state index in [-0.39, 0.29) is 11.9 Å². The van der Waals surface area contributed by atoms with Crippen molar-refractivity contribution in [2.75, 3.05) is 7.11 Å². The lowest BCUT2D eigenvalue weighted by Gasteiger charge is -2.17. The first-order valence-electron chi connectivity index (χ1n) is 5.98. The fourth-order valence-electron chi connectivity index (χ4n) is 2.07. The summed E-state index contributed by atoms with van der Waals surface area (Å²) < 4.78 is 18.4. The van der Waals surface area contributed by atoms with E-state index in [1.165, 1.54) is 12.1 Å². The van der Waals surface area contributed by atoms with Crippen LogP contribution >= 0.6 is 11.3 Å². The number of methoxy groups -OCH3 is 1. The summed E-state index contributed by atoms with van der Waals surface area (Å²) in [5.41, 5.74) is 4.80. The van der Waals surface area contributed by atoms with Crippen LogP contribution in [0.5, 0.6) is 5.75 Å². The lowest BCUT2D eigenvalue weighted by Crippen LogP contribution is -2.29. The van der Waals surface area contributed by atoms with Crippen LogP contribution in [0.15, 0.2) is 29.6 Å². The number of hydrogen-bond acceptors (Lipinski definition) is 4. The van der Waals surface area contributed by atoms with Crippen LogP contribution in [-0.2, 0) is 6.42 Å². The topological polar surface area (TPSA) is 47.3 Å². The molecular formula is C14H17FN2OS. The quantitative estimate of drug-likeness (QED) is 0.654. The third-order valence-electron chi connectivity index (χ3n) is 3.12. The lowest BCUT2D eigenvalue weighted by molar-refractivity contribution is 0.403. The number of hydrogen-bond donors (Lipinski definition) is 2. The Morgan fingerprint density at radius 3 is 2.84 bits per heavy atom. The van der Waals surface area contributed by atoms with Gasteiger partial charge < -0.3 is 4.74 Å². The zero-order valence-electron chi connectivity index (χ0n) is 10.9. The van der Waals surface area contributed by atoms with Gasteiger partial charge in [0.05, 0.1) is 18.0 Å². The highest BCUT2D eigenvalue weighted by Gasteiger charge is 2.17. The average molecular weight is 280 g/mol. The molecule has 0 aliphatic rings. The van der Waals surface area contributed by atoms with E-state index in [9.17, 15) is 4.39 Å². The lowest BCUT2D eigenvalue weighted by atomic mass is 10.00. The molecule has 0 aliphatic heterocycles. The number of rotatable bonds is 5. The van der Waals surface area contributed by atoms with Crippen molar-refractivity contribution >= 4 is 11.3 Å². The fourth-order valence-corrected chi connectivity index (χ4v) is 2.99. The zero-order chi connectivity index (χ0) is 13.8. The Morgan fingerprint density at radius 2 is 2.21 bits per heavy atom. The van der Waals surface area contributed by atoms with Crippen LogP contribution in [0.1, 0.15) is 22.0 Å². The Balaban J connectivity index is 2.24. The van der Waals surface area contributed by atoms with Crippen molar-refractivity contribution in [2.24, 2.45) is 5.84 Å². The minimum Gasteiger partial charge on any atom is -0.496 e. The molecule has 0 radical (unpaired) electrons. The molecule has 102 valence electrons. The van der Waals surface area contributed by atoms with Crippen LogP contribution in [0.25, 0.3) is 0 Å². The predicted octanol–water partition coefficient (Wildman–Crippen LogP) is 2.95. The molecule has 0 aliphatic carbocycles. The first-order valence-corrected chi connectivity index (χ1v) is 6.86. The standard InChI is InChI=1S/C14H17FN2OS/c1-9-7-11(15)4-3-10(9)8-12(17-16)14-13(18-2)5-6-19-14/h3-7,12,17H,8,16H2,1-2H3. The van der Waals surface area contributed by atoms with Crippen LogP contribution in [0.3, 0.4) is 0 Å². The van der Waals surface area contributed by atoms with Crippen LogP contribution in [-0.4, -0.2) is 7.11 Å². The van der Waals surface area contributed by atoms with Gasteiger partial charge in [-0.3, -0.25) is 11.3 Å². The molecule has 0 saturated heterocycles. The number of nitrogens with one attached hydrogen (secondary N) is 1. The summed E-state index contributed by atoms with van der Waals surface area (Å²) in [6, 6.07) is 6.69. The summed E-state index contributed by atoms with van der Waals surface area (Å²) in [5, 5.41) is 1.97. The Morgan fingerprint density at radius 1 is 1.42 bits per heavy atom. The normalized spacial score (nSPS) is 12.4. The molecule has 1 unspecified atom stereocenters. The van der Waals surface area contributed by atoms with Crippen LogP contribution < -0.4 is 16.0 Å². The Bertz CT molecular complexity index is 556. The summed E-state index contributed by atoms with van der Waals surface area (Å²) >= 11 is 1.59. The van der Waals surface area contributed by atoms with E-state index in [1.807, 2.05) is 18.4 Å². The second kappa shape index (κ2) is 6.14. The number of hydrazine groups is 1. The summed E-state index contributed by atoms with van der Waals surface area (Å²) in [6.07, 6.45) is 0.694. The van der Waals surface area contributed by atoms with Gasteiger partial charge in [0.2, 0.25) is 0 Å². The number of halogens is 1. The van der Waals surface area contributed by atoms with Gasteiger partial charge in [0.1, 0.15) is 11.6 Å². The van der Waals surface area contributed by atoms with Gasteiger partial charge in [-0.25, -0.2) is 4.39 Å². The molecule has 5 heteroatoms. The molecule has 2 rings (SSSR count). The van der Waals surface area contributed by atoms with E-state index < -0.39 is 0 Å². The molecule has 2 aromatic rings. The monoisotopic (exact) mass is 280 g/mol. The molecule has 19 heavy (non-hydrogen) atoms. The molecule has 1 aromatic carbocycles. The molecule has 0 amide bonds. The molecular weight excluding hydrogens is 263 g/mol. The first kappa shape index (κ1) is 14.0. The van der Waals surface area contributed by atoms with Gasteiger partial charge in [-0.05, 0) is 48.1 Å². The highest BCUT2D eigenvalue weighted by Crippen LogP contribution is 2.32. The molecule has 0 spiro atoms. The van der Waals surface area contributed by atoms with Crippen LogP contribution in [0.4, 0.5) is 4.39 Å². The number of aryl methyl sites for hydroxylation is 1. The largest absolute Gasteiger partial charge is 0.496 e. The summed E-state index contributed by atoms with van der Waals surface area (Å²) in [4.78, 5) is 1.05. The molecule has 1 atom stereocenters. The Hall–Kier alpha value is -1.43. The molecule has 0 bridgehead atoms. The van der Waals surface area contributed by atoms with Crippen molar-refractivity contribution in [3.05, 3.63) is 51.5 Å². The number of thiophene rings is 1. The van der Waals surface area contributed by atoms with Gasteiger partial charge in [-0.15, -0.1) is 11.3 Å². The van der Waals surface area contributed by atoms with Crippen molar-refractivity contribution in [1.82, 2.24) is 5.43 Å². The SMILES string of the molecule is COc1ccsc1C(Cc1ccc(F)cc1C)NN. The van der Waals surface area contributed by atoms with Crippen molar-refractivity contribution in [2.45, 2.75) is 19.4 Å². The van der Waals surface area contributed by atoms with Gasteiger partial charge >= 0.3 is 0 Å². The maximum Gasteiger partial charge on any atom is 0.134 e.